The second-order valence-corrected chi connectivity index (χ2v) is 12.0. The fourth-order valence-corrected chi connectivity index (χ4v) is 6.53. The molecular weight excluding hydrogens is 528 g/mol. The van der Waals surface area contributed by atoms with Crippen LogP contribution in [0.25, 0.3) is 0 Å². The highest BCUT2D eigenvalue weighted by molar-refractivity contribution is 6.05. The second kappa shape index (κ2) is 14.5. The van der Waals surface area contributed by atoms with E-state index in [4.69, 9.17) is 0 Å². The van der Waals surface area contributed by atoms with Gasteiger partial charge in [0.1, 0.15) is 0 Å². The SMILES string of the molecule is O=C(Nc1ccccc1C(=O)N1CCCCCC1)C1CCC(C(=O)Nc2ccccc2C(=O)N2CCCCCC2)CC1. The van der Waals surface area contributed by atoms with Crippen LogP contribution in [0.4, 0.5) is 11.4 Å². The first-order valence-corrected chi connectivity index (χ1v) is 15.9. The summed E-state index contributed by atoms with van der Waals surface area (Å²) < 4.78 is 0. The Bertz CT molecular complexity index is 1160. The number of para-hydroxylation sites is 2. The van der Waals surface area contributed by atoms with Gasteiger partial charge in [0.15, 0.2) is 0 Å². The molecule has 2 aliphatic heterocycles. The largest absolute Gasteiger partial charge is 0.339 e. The summed E-state index contributed by atoms with van der Waals surface area (Å²) in [5.74, 6) is -0.679. The van der Waals surface area contributed by atoms with Gasteiger partial charge in [-0.05, 0) is 75.6 Å². The summed E-state index contributed by atoms with van der Waals surface area (Å²) >= 11 is 0. The first-order chi connectivity index (χ1) is 20.5. The summed E-state index contributed by atoms with van der Waals surface area (Å²) in [4.78, 5) is 56.9. The lowest BCUT2D eigenvalue weighted by atomic mass is 9.81. The molecule has 2 saturated heterocycles. The van der Waals surface area contributed by atoms with Crippen molar-refractivity contribution in [2.45, 2.75) is 77.0 Å². The zero-order valence-electron chi connectivity index (χ0n) is 24.6. The van der Waals surface area contributed by atoms with Crippen molar-refractivity contribution in [1.82, 2.24) is 9.80 Å². The number of carbonyl (C=O) groups is 4. The third-order valence-corrected chi connectivity index (χ3v) is 9.09. The summed E-state index contributed by atoms with van der Waals surface area (Å²) in [6, 6.07) is 14.5. The first kappa shape index (κ1) is 29.8. The Balaban J connectivity index is 1.16. The van der Waals surface area contributed by atoms with E-state index in [1.165, 1.54) is 0 Å². The third-order valence-electron chi connectivity index (χ3n) is 9.09. The number of hydrogen-bond donors (Lipinski definition) is 2. The van der Waals surface area contributed by atoms with E-state index in [9.17, 15) is 19.2 Å². The van der Waals surface area contributed by atoms with E-state index in [1.54, 1.807) is 24.3 Å². The minimum atomic E-state index is -0.215. The van der Waals surface area contributed by atoms with Gasteiger partial charge in [-0.3, -0.25) is 19.2 Å². The molecule has 0 atom stereocenters. The van der Waals surface area contributed by atoms with Gasteiger partial charge in [0.2, 0.25) is 11.8 Å². The van der Waals surface area contributed by atoms with Crippen LogP contribution in [0.2, 0.25) is 0 Å². The minimum absolute atomic E-state index is 0.0252. The third kappa shape index (κ3) is 7.39. The zero-order valence-corrected chi connectivity index (χ0v) is 24.6. The van der Waals surface area contributed by atoms with Gasteiger partial charge in [-0.15, -0.1) is 0 Å². The molecule has 8 heteroatoms. The smallest absolute Gasteiger partial charge is 0.255 e. The molecule has 4 amide bonds. The molecule has 42 heavy (non-hydrogen) atoms. The predicted octanol–water partition coefficient (Wildman–Crippen LogP) is 6.10. The maximum absolute atomic E-state index is 13.3. The molecule has 0 aromatic heterocycles. The molecule has 3 fully saturated rings. The molecular formula is C34H44N4O4. The van der Waals surface area contributed by atoms with Crippen molar-refractivity contribution in [3.05, 3.63) is 59.7 Å². The topological polar surface area (TPSA) is 98.8 Å². The van der Waals surface area contributed by atoms with Crippen LogP contribution in [0.3, 0.4) is 0 Å². The highest BCUT2D eigenvalue weighted by Crippen LogP contribution is 2.32. The van der Waals surface area contributed by atoms with Crippen molar-refractivity contribution in [3.8, 4) is 0 Å². The summed E-state index contributed by atoms with van der Waals surface area (Å²) in [6.07, 6.45) is 11.0. The lowest BCUT2D eigenvalue weighted by molar-refractivity contribution is -0.125. The van der Waals surface area contributed by atoms with Crippen molar-refractivity contribution in [2.75, 3.05) is 36.8 Å². The number of nitrogens with one attached hydrogen (secondary N) is 2. The summed E-state index contributed by atoms with van der Waals surface area (Å²) in [5, 5.41) is 6.05. The quantitative estimate of drug-likeness (QED) is 0.437. The van der Waals surface area contributed by atoms with Gasteiger partial charge >= 0.3 is 0 Å². The van der Waals surface area contributed by atoms with E-state index >= 15 is 0 Å². The molecule has 0 bridgehead atoms. The Morgan fingerprint density at radius 2 is 0.833 bits per heavy atom. The van der Waals surface area contributed by atoms with E-state index in [0.717, 1.165) is 77.5 Å². The van der Waals surface area contributed by atoms with E-state index < -0.39 is 0 Å². The number of hydrogen-bond acceptors (Lipinski definition) is 4. The molecule has 2 aromatic carbocycles. The molecule has 8 nitrogen and oxygen atoms in total. The second-order valence-electron chi connectivity index (χ2n) is 12.0. The fourth-order valence-electron chi connectivity index (χ4n) is 6.53. The van der Waals surface area contributed by atoms with E-state index in [2.05, 4.69) is 10.6 Å². The molecule has 0 radical (unpaired) electrons. The van der Waals surface area contributed by atoms with Gasteiger partial charge in [0.05, 0.1) is 22.5 Å². The van der Waals surface area contributed by atoms with E-state index in [1.807, 2.05) is 34.1 Å². The van der Waals surface area contributed by atoms with Crippen LogP contribution < -0.4 is 10.6 Å². The summed E-state index contributed by atoms with van der Waals surface area (Å²) in [6.45, 7) is 3.02. The number of amides is 4. The average Bonchev–Trinajstić information content (AvgIpc) is 3.47. The van der Waals surface area contributed by atoms with Crippen molar-refractivity contribution >= 4 is 35.0 Å². The Hall–Kier alpha value is -3.68. The Morgan fingerprint density at radius 3 is 1.19 bits per heavy atom. The standard InChI is InChI=1S/C34H44N4O4/c39-31(35-29-15-7-5-13-27(29)33(41)37-21-9-1-2-10-22-37)25-17-19-26(20-18-25)32(40)36-30-16-8-6-14-28(30)34(42)38-23-11-3-4-12-24-38/h5-8,13-16,25-26H,1-4,9-12,17-24H2,(H,35,39)(H,36,40). The van der Waals surface area contributed by atoms with Gasteiger partial charge in [0.25, 0.3) is 11.8 Å². The molecule has 0 spiro atoms. The Morgan fingerprint density at radius 1 is 0.500 bits per heavy atom. The van der Waals surface area contributed by atoms with Gasteiger partial charge in [-0.2, -0.15) is 0 Å². The minimum Gasteiger partial charge on any atom is -0.339 e. The number of rotatable bonds is 6. The Kier molecular flexibility index (Phi) is 10.3. The number of carbonyl (C=O) groups excluding carboxylic acids is 4. The van der Waals surface area contributed by atoms with Crippen LogP contribution in [-0.4, -0.2) is 59.6 Å². The molecule has 5 rings (SSSR count). The van der Waals surface area contributed by atoms with Crippen LogP contribution in [0, 0.1) is 11.8 Å². The first-order valence-electron chi connectivity index (χ1n) is 15.9. The highest BCUT2D eigenvalue weighted by atomic mass is 16.2. The van der Waals surface area contributed by atoms with Crippen LogP contribution in [0.1, 0.15) is 97.8 Å². The molecule has 3 aliphatic rings. The normalized spacial score (nSPS) is 21.5. The van der Waals surface area contributed by atoms with Crippen LogP contribution in [0.15, 0.2) is 48.5 Å². The molecule has 1 aliphatic carbocycles. The van der Waals surface area contributed by atoms with Gasteiger partial charge in [0, 0.05) is 38.0 Å². The fraction of sp³-hybridized carbons (Fsp3) is 0.529. The van der Waals surface area contributed by atoms with Crippen molar-refractivity contribution < 1.29 is 19.2 Å². The maximum atomic E-state index is 13.3. The lowest BCUT2D eigenvalue weighted by Gasteiger charge is -2.28. The van der Waals surface area contributed by atoms with Crippen molar-refractivity contribution in [1.29, 1.82) is 0 Å². The van der Waals surface area contributed by atoms with Crippen LogP contribution in [-0.2, 0) is 9.59 Å². The van der Waals surface area contributed by atoms with Gasteiger partial charge < -0.3 is 20.4 Å². The predicted molar refractivity (Wildman–Crippen MR) is 164 cm³/mol. The number of likely N-dealkylation sites (tertiary alicyclic amines) is 2. The number of nitrogens with zero attached hydrogens (tertiary/aromatic N) is 2. The summed E-state index contributed by atoms with van der Waals surface area (Å²) in [7, 11) is 0. The Labute approximate surface area is 249 Å². The maximum Gasteiger partial charge on any atom is 0.255 e. The molecule has 224 valence electrons. The van der Waals surface area contributed by atoms with Crippen LogP contribution >= 0.6 is 0 Å². The zero-order chi connectivity index (χ0) is 29.3. The van der Waals surface area contributed by atoms with Crippen molar-refractivity contribution in [3.63, 3.8) is 0 Å². The monoisotopic (exact) mass is 572 g/mol. The molecule has 2 heterocycles. The lowest BCUT2D eigenvalue weighted by Crippen LogP contribution is -2.35. The average molecular weight is 573 g/mol. The molecule has 1 saturated carbocycles. The van der Waals surface area contributed by atoms with E-state index in [0.29, 0.717) is 48.2 Å². The van der Waals surface area contributed by atoms with E-state index in [-0.39, 0.29) is 35.5 Å². The molecule has 2 aromatic rings. The van der Waals surface area contributed by atoms with Crippen LogP contribution in [0.5, 0.6) is 0 Å². The van der Waals surface area contributed by atoms with Gasteiger partial charge in [-0.25, -0.2) is 0 Å². The molecule has 0 unspecified atom stereocenters. The highest BCUT2D eigenvalue weighted by Gasteiger charge is 2.31. The van der Waals surface area contributed by atoms with Gasteiger partial charge in [-0.1, -0.05) is 49.9 Å². The number of benzene rings is 2. The summed E-state index contributed by atoms with van der Waals surface area (Å²) in [5.41, 5.74) is 2.19. The molecule has 2 N–H and O–H groups in total. The number of anilines is 2. The van der Waals surface area contributed by atoms with Crippen molar-refractivity contribution in [2.24, 2.45) is 11.8 Å².